The molecule has 1 fully saturated rings. The number of hydrogen-bond acceptors (Lipinski definition) is 3. The standard InChI is InChI=1S/C25H25N3O3/c1-16-10-8-9-13-21(16)28-17(2)14-20(18(28)3)22(29)15-27-23(30)25(4,26-24(27)31)19-11-6-5-7-12-19/h5-14H,15H2,1-4H3,(H,26,31). The normalized spacial score (nSPS) is 18.4. The van der Waals surface area contributed by atoms with Crippen molar-refractivity contribution in [1.29, 1.82) is 0 Å². The second kappa shape index (κ2) is 7.54. The minimum absolute atomic E-state index is 0.270. The maximum atomic E-state index is 13.2. The average Bonchev–Trinajstić information content (AvgIpc) is 3.17. The van der Waals surface area contributed by atoms with Crippen molar-refractivity contribution in [2.45, 2.75) is 33.2 Å². The lowest BCUT2D eigenvalue weighted by molar-refractivity contribution is -0.130. The van der Waals surface area contributed by atoms with E-state index < -0.39 is 17.5 Å². The first-order valence-corrected chi connectivity index (χ1v) is 10.2. The number of ketones is 1. The topological polar surface area (TPSA) is 71.4 Å². The van der Waals surface area contributed by atoms with E-state index in [4.69, 9.17) is 0 Å². The molecular weight excluding hydrogens is 390 g/mol. The van der Waals surface area contributed by atoms with Gasteiger partial charge in [-0.15, -0.1) is 0 Å². The molecule has 1 aromatic heterocycles. The zero-order chi connectivity index (χ0) is 22.3. The van der Waals surface area contributed by atoms with E-state index in [1.54, 1.807) is 19.1 Å². The third-order valence-electron chi connectivity index (χ3n) is 6.02. The number of carbonyl (C=O) groups excluding carboxylic acids is 3. The van der Waals surface area contributed by atoms with Gasteiger partial charge in [0.2, 0.25) is 0 Å². The summed E-state index contributed by atoms with van der Waals surface area (Å²) in [5, 5.41) is 2.75. The van der Waals surface area contributed by atoms with Crippen molar-refractivity contribution in [2.75, 3.05) is 6.54 Å². The van der Waals surface area contributed by atoms with Gasteiger partial charge in [-0.1, -0.05) is 48.5 Å². The highest BCUT2D eigenvalue weighted by Gasteiger charge is 2.49. The first-order chi connectivity index (χ1) is 14.7. The van der Waals surface area contributed by atoms with E-state index >= 15 is 0 Å². The summed E-state index contributed by atoms with van der Waals surface area (Å²) in [4.78, 5) is 39.9. The summed E-state index contributed by atoms with van der Waals surface area (Å²) in [6.07, 6.45) is 0. The average molecular weight is 415 g/mol. The number of nitrogens with zero attached hydrogens (tertiary/aromatic N) is 2. The van der Waals surface area contributed by atoms with Gasteiger partial charge in [-0.05, 0) is 51.0 Å². The van der Waals surface area contributed by atoms with E-state index in [2.05, 4.69) is 5.32 Å². The summed E-state index contributed by atoms with van der Waals surface area (Å²) in [6.45, 7) is 7.21. The van der Waals surface area contributed by atoms with Crippen LogP contribution < -0.4 is 5.32 Å². The molecule has 1 aliphatic heterocycles. The van der Waals surface area contributed by atoms with E-state index in [1.165, 1.54) is 0 Å². The minimum atomic E-state index is -1.18. The fourth-order valence-electron chi connectivity index (χ4n) is 4.27. The molecule has 4 rings (SSSR count). The molecule has 1 aliphatic rings. The van der Waals surface area contributed by atoms with E-state index in [1.807, 2.05) is 73.9 Å². The van der Waals surface area contributed by atoms with Crippen molar-refractivity contribution < 1.29 is 14.4 Å². The van der Waals surface area contributed by atoms with Gasteiger partial charge in [-0.3, -0.25) is 14.5 Å². The van der Waals surface area contributed by atoms with Crippen molar-refractivity contribution in [3.63, 3.8) is 0 Å². The Kier molecular flexibility index (Phi) is 5.01. The van der Waals surface area contributed by atoms with E-state index in [0.29, 0.717) is 11.1 Å². The van der Waals surface area contributed by atoms with Crippen LogP contribution in [0.5, 0.6) is 0 Å². The number of carbonyl (C=O) groups is 3. The fraction of sp³-hybridized carbons (Fsp3) is 0.240. The summed E-state index contributed by atoms with van der Waals surface area (Å²) in [7, 11) is 0. The van der Waals surface area contributed by atoms with E-state index in [0.717, 1.165) is 27.5 Å². The Morgan fingerprint density at radius 3 is 2.29 bits per heavy atom. The summed E-state index contributed by atoms with van der Waals surface area (Å²) < 4.78 is 2.03. The number of Topliss-reactive ketones (excluding diaryl/α,β-unsaturated/α-hetero) is 1. The third-order valence-corrected chi connectivity index (χ3v) is 6.02. The summed E-state index contributed by atoms with van der Waals surface area (Å²) in [6, 6.07) is 18.3. The van der Waals surface area contributed by atoms with Gasteiger partial charge in [0.25, 0.3) is 5.91 Å². The number of aromatic nitrogens is 1. The molecule has 1 N–H and O–H groups in total. The Bertz CT molecular complexity index is 1200. The van der Waals surface area contributed by atoms with Crippen LogP contribution in [0.3, 0.4) is 0 Å². The molecule has 2 aromatic carbocycles. The first kappa shape index (κ1) is 20.6. The Labute approximate surface area is 181 Å². The molecule has 0 radical (unpaired) electrons. The predicted molar refractivity (Wildman–Crippen MR) is 118 cm³/mol. The molecular formula is C25H25N3O3. The van der Waals surface area contributed by atoms with E-state index in [-0.39, 0.29) is 12.3 Å². The van der Waals surface area contributed by atoms with Gasteiger partial charge in [-0.25, -0.2) is 4.79 Å². The molecule has 3 amide bonds. The van der Waals surface area contributed by atoms with Crippen LogP contribution in [0.25, 0.3) is 5.69 Å². The SMILES string of the molecule is Cc1ccccc1-n1c(C)cc(C(=O)CN2C(=O)NC(C)(c3ccccc3)C2=O)c1C. The van der Waals surface area contributed by atoms with Crippen molar-refractivity contribution in [2.24, 2.45) is 0 Å². The highest BCUT2D eigenvalue weighted by atomic mass is 16.2. The highest BCUT2D eigenvalue weighted by molar-refractivity contribution is 6.11. The summed E-state index contributed by atoms with van der Waals surface area (Å²) >= 11 is 0. The quantitative estimate of drug-likeness (QED) is 0.505. The number of aryl methyl sites for hydroxylation is 2. The number of benzene rings is 2. The van der Waals surface area contributed by atoms with Crippen LogP contribution in [-0.2, 0) is 10.3 Å². The van der Waals surface area contributed by atoms with Gasteiger partial charge in [0.1, 0.15) is 5.54 Å². The number of amides is 3. The van der Waals surface area contributed by atoms with Gasteiger partial charge in [0.15, 0.2) is 5.78 Å². The molecule has 1 atom stereocenters. The van der Waals surface area contributed by atoms with Crippen molar-refractivity contribution in [3.8, 4) is 5.69 Å². The maximum Gasteiger partial charge on any atom is 0.325 e. The lowest BCUT2D eigenvalue weighted by Crippen LogP contribution is -2.41. The number of nitrogens with one attached hydrogen (secondary N) is 1. The number of imide groups is 1. The molecule has 0 aliphatic carbocycles. The molecule has 2 heterocycles. The number of rotatable bonds is 5. The second-order valence-electron chi connectivity index (χ2n) is 8.14. The highest BCUT2D eigenvalue weighted by Crippen LogP contribution is 2.29. The second-order valence-corrected chi connectivity index (χ2v) is 8.14. The van der Waals surface area contributed by atoms with Crippen LogP contribution in [0.2, 0.25) is 0 Å². The van der Waals surface area contributed by atoms with Crippen LogP contribution in [0.1, 0.15) is 39.8 Å². The van der Waals surface area contributed by atoms with Gasteiger partial charge >= 0.3 is 6.03 Å². The maximum absolute atomic E-state index is 13.2. The zero-order valence-corrected chi connectivity index (χ0v) is 18.1. The lowest BCUT2D eigenvalue weighted by Gasteiger charge is -2.22. The molecule has 1 unspecified atom stereocenters. The fourth-order valence-corrected chi connectivity index (χ4v) is 4.27. The minimum Gasteiger partial charge on any atom is -0.319 e. The molecule has 158 valence electrons. The number of para-hydroxylation sites is 1. The van der Waals surface area contributed by atoms with Crippen LogP contribution in [0.15, 0.2) is 60.7 Å². The van der Waals surface area contributed by atoms with Crippen LogP contribution in [-0.4, -0.2) is 33.7 Å². The Morgan fingerprint density at radius 1 is 0.968 bits per heavy atom. The summed E-state index contributed by atoms with van der Waals surface area (Å²) in [5.74, 6) is -0.696. The lowest BCUT2D eigenvalue weighted by atomic mass is 9.92. The van der Waals surface area contributed by atoms with Crippen LogP contribution in [0, 0.1) is 20.8 Å². The molecule has 0 bridgehead atoms. The molecule has 3 aromatic rings. The van der Waals surface area contributed by atoms with Crippen LogP contribution >= 0.6 is 0 Å². The smallest absolute Gasteiger partial charge is 0.319 e. The molecule has 1 saturated heterocycles. The van der Waals surface area contributed by atoms with Crippen molar-refractivity contribution in [1.82, 2.24) is 14.8 Å². The monoisotopic (exact) mass is 415 g/mol. The van der Waals surface area contributed by atoms with Crippen molar-refractivity contribution >= 4 is 17.7 Å². The van der Waals surface area contributed by atoms with E-state index in [9.17, 15) is 14.4 Å². The molecule has 31 heavy (non-hydrogen) atoms. The molecule has 0 saturated carbocycles. The van der Waals surface area contributed by atoms with Gasteiger partial charge in [0.05, 0.1) is 6.54 Å². The third kappa shape index (κ3) is 3.34. The van der Waals surface area contributed by atoms with Gasteiger partial charge < -0.3 is 9.88 Å². The predicted octanol–water partition coefficient (Wildman–Crippen LogP) is 4.05. The van der Waals surface area contributed by atoms with Crippen molar-refractivity contribution in [3.05, 3.63) is 88.7 Å². The molecule has 6 heteroatoms. The Hall–Kier alpha value is -3.67. The molecule has 6 nitrogen and oxygen atoms in total. The van der Waals surface area contributed by atoms with Crippen LogP contribution in [0.4, 0.5) is 4.79 Å². The molecule has 0 spiro atoms. The zero-order valence-electron chi connectivity index (χ0n) is 18.1. The summed E-state index contributed by atoms with van der Waals surface area (Å²) in [5.41, 5.74) is 3.81. The Balaban J connectivity index is 1.62. The first-order valence-electron chi connectivity index (χ1n) is 10.2. The number of hydrogen-bond donors (Lipinski definition) is 1. The number of urea groups is 1. The largest absolute Gasteiger partial charge is 0.325 e. The van der Waals surface area contributed by atoms with Gasteiger partial charge in [0, 0.05) is 22.6 Å². The Morgan fingerprint density at radius 2 is 1.61 bits per heavy atom. The van der Waals surface area contributed by atoms with Gasteiger partial charge in [-0.2, -0.15) is 0 Å².